The second-order valence-corrected chi connectivity index (χ2v) is 3.59. The Morgan fingerprint density at radius 1 is 1.75 bits per heavy atom. The van der Waals surface area contributed by atoms with E-state index in [9.17, 15) is 9.90 Å². The SMILES string of the molecule is COCC(O)CNC(=O)c1cc(N)cn1C. The van der Waals surface area contributed by atoms with Crippen molar-refractivity contribution in [2.75, 3.05) is 26.0 Å². The number of aliphatic hydroxyl groups is 1. The van der Waals surface area contributed by atoms with Gasteiger partial charge in [0.15, 0.2) is 0 Å². The van der Waals surface area contributed by atoms with Crippen LogP contribution in [0.3, 0.4) is 0 Å². The summed E-state index contributed by atoms with van der Waals surface area (Å²) in [5.74, 6) is -0.269. The Balaban J connectivity index is 2.50. The number of methoxy groups -OCH3 is 1. The number of ether oxygens (including phenoxy) is 1. The summed E-state index contributed by atoms with van der Waals surface area (Å²) < 4.78 is 6.38. The van der Waals surface area contributed by atoms with Crippen molar-refractivity contribution in [3.8, 4) is 0 Å². The zero-order chi connectivity index (χ0) is 12.1. The molecule has 1 amide bonds. The van der Waals surface area contributed by atoms with E-state index in [0.29, 0.717) is 11.4 Å². The number of carbonyl (C=O) groups is 1. The topological polar surface area (TPSA) is 89.5 Å². The van der Waals surface area contributed by atoms with E-state index >= 15 is 0 Å². The first kappa shape index (κ1) is 12.5. The van der Waals surface area contributed by atoms with Crippen molar-refractivity contribution < 1.29 is 14.6 Å². The Hall–Kier alpha value is -1.53. The summed E-state index contributed by atoms with van der Waals surface area (Å²) in [5, 5.41) is 11.9. The molecule has 0 saturated carbocycles. The lowest BCUT2D eigenvalue weighted by molar-refractivity contribution is 0.0608. The summed E-state index contributed by atoms with van der Waals surface area (Å²) in [6, 6.07) is 1.58. The van der Waals surface area contributed by atoms with Gasteiger partial charge in [-0.2, -0.15) is 0 Å². The number of amides is 1. The molecule has 6 nitrogen and oxygen atoms in total. The van der Waals surface area contributed by atoms with Crippen LogP contribution in [0.1, 0.15) is 10.5 Å². The minimum Gasteiger partial charge on any atom is -0.397 e. The molecule has 1 unspecified atom stereocenters. The molecule has 16 heavy (non-hydrogen) atoms. The van der Waals surface area contributed by atoms with Gasteiger partial charge >= 0.3 is 0 Å². The molecule has 0 aromatic carbocycles. The first-order valence-electron chi connectivity index (χ1n) is 4.91. The van der Waals surface area contributed by atoms with Gasteiger partial charge in [-0.25, -0.2) is 0 Å². The van der Waals surface area contributed by atoms with Crippen molar-refractivity contribution >= 4 is 11.6 Å². The summed E-state index contributed by atoms with van der Waals surface area (Å²) >= 11 is 0. The molecular weight excluding hydrogens is 210 g/mol. The van der Waals surface area contributed by atoms with E-state index in [4.69, 9.17) is 10.5 Å². The number of aryl methyl sites for hydroxylation is 1. The number of nitrogens with two attached hydrogens (primary N) is 1. The van der Waals surface area contributed by atoms with Crippen LogP contribution in [0.25, 0.3) is 0 Å². The maximum Gasteiger partial charge on any atom is 0.268 e. The Bertz CT molecular complexity index is 362. The Kier molecular flexibility index (Phi) is 4.33. The van der Waals surface area contributed by atoms with E-state index < -0.39 is 6.10 Å². The van der Waals surface area contributed by atoms with Gasteiger partial charge in [0.1, 0.15) is 5.69 Å². The number of aliphatic hydroxyl groups excluding tert-OH is 1. The highest BCUT2D eigenvalue weighted by Gasteiger charge is 2.12. The second-order valence-electron chi connectivity index (χ2n) is 3.59. The molecule has 4 N–H and O–H groups in total. The highest BCUT2D eigenvalue weighted by molar-refractivity contribution is 5.93. The number of nitrogens with zero attached hydrogens (tertiary/aromatic N) is 1. The molecule has 6 heteroatoms. The predicted molar refractivity (Wildman–Crippen MR) is 60.0 cm³/mol. The summed E-state index contributed by atoms with van der Waals surface area (Å²) in [6.07, 6.45) is 0.951. The van der Waals surface area contributed by atoms with Gasteiger partial charge in [-0.3, -0.25) is 4.79 Å². The fourth-order valence-electron chi connectivity index (χ4n) is 1.37. The van der Waals surface area contributed by atoms with E-state index in [2.05, 4.69) is 5.32 Å². The molecule has 0 aliphatic heterocycles. The van der Waals surface area contributed by atoms with Gasteiger partial charge in [-0.15, -0.1) is 0 Å². The molecule has 0 fully saturated rings. The Morgan fingerprint density at radius 2 is 2.44 bits per heavy atom. The number of anilines is 1. The second kappa shape index (κ2) is 5.53. The Morgan fingerprint density at radius 3 is 2.94 bits per heavy atom. The fourth-order valence-corrected chi connectivity index (χ4v) is 1.37. The van der Waals surface area contributed by atoms with Gasteiger partial charge in [0.2, 0.25) is 0 Å². The monoisotopic (exact) mass is 227 g/mol. The quantitative estimate of drug-likeness (QED) is 0.623. The van der Waals surface area contributed by atoms with Crippen LogP contribution in [-0.4, -0.2) is 41.9 Å². The van der Waals surface area contributed by atoms with Crippen LogP contribution in [0, 0.1) is 0 Å². The molecule has 0 aliphatic carbocycles. The maximum atomic E-state index is 11.6. The van der Waals surface area contributed by atoms with Crippen LogP contribution < -0.4 is 11.1 Å². The molecule has 0 saturated heterocycles. The maximum absolute atomic E-state index is 11.6. The fraction of sp³-hybridized carbons (Fsp3) is 0.500. The highest BCUT2D eigenvalue weighted by atomic mass is 16.5. The summed E-state index contributed by atoms with van der Waals surface area (Å²) in [5.41, 5.74) is 6.54. The van der Waals surface area contributed by atoms with E-state index in [0.717, 1.165) is 0 Å². The normalized spacial score (nSPS) is 12.4. The first-order valence-corrected chi connectivity index (χ1v) is 4.91. The lowest BCUT2D eigenvalue weighted by Gasteiger charge is -2.10. The van der Waals surface area contributed by atoms with Gasteiger partial charge in [-0.05, 0) is 6.07 Å². The van der Waals surface area contributed by atoms with E-state index in [1.54, 1.807) is 23.9 Å². The molecule has 1 heterocycles. The molecular formula is C10H17N3O3. The molecule has 0 bridgehead atoms. The van der Waals surface area contributed by atoms with Crippen molar-refractivity contribution in [1.29, 1.82) is 0 Å². The summed E-state index contributed by atoms with van der Waals surface area (Å²) in [7, 11) is 3.22. The number of aromatic nitrogens is 1. The minimum absolute atomic E-state index is 0.151. The molecule has 1 aromatic heterocycles. The van der Waals surface area contributed by atoms with Crippen LogP contribution in [0.2, 0.25) is 0 Å². The lowest BCUT2D eigenvalue weighted by Crippen LogP contribution is -2.35. The molecule has 0 radical (unpaired) electrons. The molecule has 1 rings (SSSR count). The van der Waals surface area contributed by atoms with E-state index in [-0.39, 0.29) is 19.1 Å². The van der Waals surface area contributed by atoms with Crippen LogP contribution in [0.15, 0.2) is 12.3 Å². The molecule has 0 spiro atoms. The average molecular weight is 227 g/mol. The minimum atomic E-state index is -0.702. The van der Waals surface area contributed by atoms with Crippen LogP contribution in [0.4, 0.5) is 5.69 Å². The number of hydrogen-bond acceptors (Lipinski definition) is 4. The largest absolute Gasteiger partial charge is 0.397 e. The van der Waals surface area contributed by atoms with Crippen LogP contribution >= 0.6 is 0 Å². The molecule has 0 aliphatic rings. The van der Waals surface area contributed by atoms with Crippen molar-refractivity contribution in [2.45, 2.75) is 6.10 Å². The number of nitrogen functional groups attached to an aromatic ring is 1. The van der Waals surface area contributed by atoms with Gasteiger partial charge in [0, 0.05) is 26.9 Å². The molecule has 1 atom stereocenters. The van der Waals surface area contributed by atoms with Gasteiger partial charge in [0.05, 0.1) is 18.4 Å². The third-order valence-electron chi connectivity index (χ3n) is 2.12. The van der Waals surface area contributed by atoms with Gasteiger partial charge in [-0.1, -0.05) is 0 Å². The van der Waals surface area contributed by atoms with Crippen molar-refractivity contribution in [3.63, 3.8) is 0 Å². The third kappa shape index (κ3) is 3.25. The van der Waals surface area contributed by atoms with Crippen LogP contribution in [0.5, 0.6) is 0 Å². The van der Waals surface area contributed by atoms with E-state index in [1.165, 1.54) is 7.11 Å². The third-order valence-corrected chi connectivity index (χ3v) is 2.12. The number of rotatable bonds is 5. The zero-order valence-electron chi connectivity index (χ0n) is 9.43. The Labute approximate surface area is 94.0 Å². The van der Waals surface area contributed by atoms with Crippen molar-refractivity contribution in [1.82, 2.24) is 9.88 Å². The molecule has 1 aromatic rings. The summed E-state index contributed by atoms with van der Waals surface area (Å²) in [6.45, 7) is 0.341. The molecule has 90 valence electrons. The zero-order valence-corrected chi connectivity index (χ0v) is 9.43. The number of hydrogen-bond donors (Lipinski definition) is 3. The number of carbonyl (C=O) groups excluding carboxylic acids is 1. The van der Waals surface area contributed by atoms with Gasteiger partial charge < -0.3 is 25.5 Å². The number of nitrogens with one attached hydrogen (secondary N) is 1. The van der Waals surface area contributed by atoms with Crippen molar-refractivity contribution in [3.05, 3.63) is 18.0 Å². The summed E-state index contributed by atoms with van der Waals surface area (Å²) in [4.78, 5) is 11.6. The first-order chi connectivity index (χ1) is 7.54. The van der Waals surface area contributed by atoms with Crippen molar-refractivity contribution in [2.24, 2.45) is 7.05 Å². The standard InChI is InChI=1S/C10H17N3O3/c1-13-5-7(11)3-9(13)10(15)12-4-8(14)6-16-2/h3,5,8,14H,4,6,11H2,1-2H3,(H,12,15). The van der Waals surface area contributed by atoms with Gasteiger partial charge in [0.25, 0.3) is 5.91 Å². The average Bonchev–Trinajstić information content (AvgIpc) is 2.55. The highest BCUT2D eigenvalue weighted by Crippen LogP contribution is 2.08. The van der Waals surface area contributed by atoms with Crippen LogP contribution in [-0.2, 0) is 11.8 Å². The smallest absolute Gasteiger partial charge is 0.268 e. The lowest BCUT2D eigenvalue weighted by atomic mass is 10.3. The predicted octanol–water partition coefficient (Wildman–Crippen LogP) is -0.656. The van der Waals surface area contributed by atoms with E-state index in [1.807, 2.05) is 0 Å².